The lowest BCUT2D eigenvalue weighted by molar-refractivity contribution is 0.108. The van der Waals surface area contributed by atoms with E-state index in [4.69, 9.17) is 10.5 Å². The molecule has 4 heteroatoms. The second-order valence-corrected chi connectivity index (χ2v) is 5.55. The zero-order valence-electron chi connectivity index (χ0n) is 10.3. The Morgan fingerprint density at radius 2 is 2.29 bits per heavy atom. The van der Waals surface area contributed by atoms with Gasteiger partial charge in [0, 0.05) is 34.9 Å². The summed E-state index contributed by atoms with van der Waals surface area (Å²) >= 11 is 3.53. The molecule has 0 bridgehead atoms. The average molecular weight is 299 g/mol. The molecule has 1 fully saturated rings. The molecule has 0 amide bonds. The first-order valence-corrected chi connectivity index (χ1v) is 6.78. The van der Waals surface area contributed by atoms with Crippen LogP contribution in [0.4, 0.5) is 11.4 Å². The third kappa shape index (κ3) is 2.93. The molecule has 1 aliphatic heterocycles. The fraction of sp³-hybridized carbons (Fsp3) is 0.538. The predicted octanol–water partition coefficient (Wildman–Crippen LogP) is 3.18. The van der Waals surface area contributed by atoms with Gasteiger partial charge in [-0.3, -0.25) is 0 Å². The molecule has 0 spiro atoms. The summed E-state index contributed by atoms with van der Waals surface area (Å²) < 4.78 is 6.58. The van der Waals surface area contributed by atoms with Crippen molar-refractivity contribution in [1.29, 1.82) is 0 Å². The molecule has 0 aromatic heterocycles. The summed E-state index contributed by atoms with van der Waals surface area (Å²) in [6.45, 7) is 6.00. The van der Waals surface area contributed by atoms with Gasteiger partial charge in [-0.15, -0.1) is 0 Å². The van der Waals surface area contributed by atoms with Crippen molar-refractivity contribution in [2.75, 3.05) is 24.2 Å². The van der Waals surface area contributed by atoms with Gasteiger partial charge < -0.3 is 15.8 Å². The number of halogens is 1. The summed E-state index contributed by atoms with van der Waals surface area (Å²) in [6, 6.07) is 4.03. The van der Waals surface area contributed by atoms with Crippen molar-refractivity contribution in [3.05, 3.63) is 22.2 Å². The van der Waals surface area contributed by atoms with Crippen LogP contribution in [0.5, 0.6) is 0 Å². The van der Waals surface area contributed by atoms with E-state index in [1.807, 2.05) is 13.0 Å². The van der Waals surface area contributed by atoms with Crippen molar-refractivity contribution in [2.24, 2.45) is 5.92 Å². The van der Waals surface area contributed by atoms with Crippen molar-refractivity contribution >= 4 is 27.3 Å². The highest BCUT2D eigenvalue weighted by molar-refractivity contribution is 9.10. The Bertz CT molecular complexity index is 409. The number of ether oxygens (including phenoxy) is 1. The molecule has 2 unspecified atom stereocenters. The first kappa shape index (κ1) is 12.7. The van der Waals surface area contributed by atoms with Crippen LogP contribution in [0.1, 0.15) is 18.9 Å². The number of anilines is 2. The van der Waals surface area contributed by atoms with E-state index in [1.165, 1.54) is 0 Å². The lowest BCUT2D eigenvalue weighted by atomic mass is 10.0. The largest absolute Gasteiger partial charge is 0.398 e. The number of hydrogen-bond acceptors (Lipinski definition) is 3. The van der Waals surface area contributed by atoms with Gasteiger partial charge in [0.1, 0.15) is 0 Å². The molecule has 0 aliphatic carbocycles. The van der Waals surface area contributed by atoms with Gasteiger partial charge in [0.05, 0.1) is 6.10 Å². The Hall–Kier alpha value is -0.740. The van der Waals surface area contributed by atoms with Gasteiger partial charge in [0.25, 0.3) is 0 Å². The number of rotatable bonds is 3. The molecule has 2 rings (SSSR count). The van der Waals surface area contributed by atoms with E-state index < -0.39 is 0 Å². The third-order valence-corrected chi connectivity index (χ3v) is 4.10. The Morgan fingerprint density at radius 3 is 2.94 bits per heavy atom. The topological polar surface area (TPSA) is 47.3 Å². The normalized spacial score (nSPS) is 23.9. The van der Waals surface area contributed by atoms with Crippen LogP contribution < -0.4 is 11.1 Å². The lowest BCUT2D eigenvalue weighted by Crippen LogP contribution is -2.20. The fourth-order valence-electron chi connectivity index (χ4n) is 2.12. The minimum absolute atomic E-state index is 0.358. The van der Waals surface area contributed by atoms with E-state index in [2.05, 4.69) is 34.2 Å². The highest BCUT2D eigenvalue weighted by Crippen LogP contribution is 2.29. The van der Waals surface area contributed by atoms with Crippen LogP contribution in [0.25, 0.3) is 0 Å². The Balaban J connectivity index is 2.01. The highest BCUT2D eigenvalue weighted by atomic mass is 79.9. The van der Waals surface area contributed by atoms with Crippen molar-refractivity contribution < 1.29 is 4.74 Å². The zero-order valence-corrected chi connectivity index (χ0v) is 11.9. The molecule has 1 aromatic rings. The number of nitrogens with one attached hydrogen (secondary N) is 1. The lowest BCUT2D eigenvalue weighted by Gasteiger charge is -2.17. The van der Waals surface area contributed by atoms with Gasteiger partial charge in [-0.05, 0) is 53.9 Å². The van der Waals surface area contributed by atoms with Gasteiger partial charge in [-0.1, -0.05) is 0 Å². The second kappa shape index (κ2) is 5.27. The van der Waals surface area contributed by atoms with Crippen LogP contribution >= 0.6 is 15.9 Å². The van der Waals surface area contributed by atoms with Crippen molar-refractivity contribution in [2.45, 2.75) is 26.4 Å². The zero-order chi connectivity index (χ0) is 12.4. The summed E-state index contributed by atoms with van der Waals surface area (Å²) in [5.41, 5.74) is 8.88. The maximum Gasteiger partial charge on any atom is 0.0592 e. The van der Waals surface area contributed by atoms with Crippen LogP contribution in [-0.2, 0) is 4.74 Å². The number of hydrogen-bond donors (Lipinski definition) is 2. The van der Waals surface area contributed by atoms with Crippen molar-refractivity contribution in [3.8, 4) is 0 Å². The predicted molar refractivity (Wildman–Crippen MR) is 75.3 cm³/mol. The van der Waals surface area contributed by atoms with Gasteiger partial charge in [-0.25, -0.2) is 0 Å². The standard InChI is InChI=1S/C13H19BrN2O/c1-8-5-13(11(14)6-12(8)15)16-7-10-3-4-17-9(10)2/h5-6,9-10,16H,3-4,7,15H2,1-2H3. The van der Waals surface area contributed by atoms with Gasteiger partial charge in [0.2, 0.25) is 0 Å². The molecular weight excluding hydrogens is 280 g/mol. The summed E-state index contributed by atoms with van der Waals surface area (Å²) in [5.74, 6) is 0.597. The number of nitrogen functional groups attached to an aromatic ring is 1. The quantitative estimate of drug-likeness (QED) is 0.843. The highest BCUT2D eigenvalue weighted by Gasteiger charge is 2.23. The minimum atomic E-state index is 0.358. The van der Waals surface area contributed by atoms with Crippen LogP contribution in [0.3, 0.4) is 0 Å². The van der Waals surface area contributed by atoms with Crippen LogP contribution in [0.15, 0.2) is 16.6 Å². The van der Waals surface area contributed by atoms with Crippen LogP contribution in [0, 0.1) is 12.8 Å². The molecule has 0 saturated carbocycles. The molecule has 3 nitrogen and oxygen atoms in total. The number of aryl methyl sites for hydroxylation is 1. The first-order valence-electron chi connectivity index (χ1n) is 5.99. The summed E-state index contributed by atoms with van der Waals surface area (Å²) in [4.78, 5) is 0. The first-order chi connectivity index (χ1) is 8.08. The van der Waals surface area contributed by atoms with Crippen LogP contribution in [-0.4, -0.2) is 19.3 Å². The monoisotopic (exact) mass is 298 g/mol. The molecular formula is C13H19BrN2O. The van der Waals surface area contributed by atoms with E-state index in [-0.39, 0.29) is 0 Å². The van der Waals surface area contributed by atoms with Crippen molar-refractivity contribution in [1.82, 2.24) is 0 Å². The fourth-order valence-corrected chi connectivity index (χ4v) is 2.62. The smallest absolute Gasteiger partial charge is 0.0592 e. The third-order valence-electron chi connectivity index (χ3n) is 3.44. The van der Waals surface area contributed by atoms with Gasteiger partial charge >= 0.3 is 0 Å². The molecule has 2 atom stereocenters. The second-order valence-electron chi connectivity index (χ2n) is 4.69. The molecule has 1 heterocycles. The number of benzene rings is 1. The molecule has 94 valence electrons. The van der Waals surface area contributed by atoms with E-state index in [1.54, 1.807) is 0 Å². The summed E-state index contributed by atoms with van der Waals surface area (Å²) in [7, 11) is 0. The number of nitrogens with two attached hydrogens (primary N) is 1. The Labute approximate surface area is 111 Å². The van der Waals surface area contributed by atoms with E-state index in [0.717, 1.165) is 41.0 Å². The summed E-state index contributed by atoms with van der Waals surface area (Å²) in [6.07, 6.45) is 1.50. The summed E-state index contributed by atoms with van der Waals surface area (Å²) in [5, 5.41) is 3.47. The molecule has 3 N–H and O–H groups in total. The molecule has 1 aliphatic rings. The maximum absolute atomic E-state index is 5.85. The minimum Gasteiger partial charge on any atom is -0.398 e. The van der Waals surface area contributed by atoms with Gasteiger partial charge in [-0.2, -0.15) is 0 Å². The molecule has 1 saturated heterocycles. The Morgan fingerprint density at radius 1 is 1.53 bits per heavy atom. The van der Waals surface area contributed by atoms with Gasteiger partial charge in [0.15, 0.2) is 0 Å². The molecule has 17 heavy (non-hydrogen) atoms. The van der Waals surface area contributed by atoms with E-state index in [0.29, 0.717) is 12.0 Å². The molecule has 0 radical (unpaired) electrons. The SMILES string of the molecule is Cc1cc(NCC2CCOC2C)c(Br)cc1N. The van der Waals surface area contributed by atoms with Crippen molar-refractivity contribution in [3.63, 3.8) is 0 Å². The van der Waals surface area contributed by atoms with Crippen LogP contribution in [0.2, 0.25) is 0 Å². The average Bonchev–Trinajstić information content (AvgIpc) is 2.68. The molecule has 1 aromatic carbocycles. The maximum atomic E-state index is 5.85. The van der Waals surface area contributed by atoms with E-state index >= 15 is 0 Å². The van der Waals surface area contributed by atoms with E-state index in [9.17, 15) is 0 Å². The Kier molecular flexibility index (Phi) is 3.94.